The van der Waals surface area contributed by atoms with Crippen molar-refractivity contribution in [3.05, 3.63) is 59.4 Å². The zero-order valence-electron chi connectivity index (χ0n) is 18.6. The number of anilines is 1. The number of aryl methyl sites for hydroxylation is 1. The monoisotopic (exact) mass is 424 g/mol. The van der Waals surface area contributed by atoms with Gasteiger partial charge in [0.2, 0.25) is 0 Å². The number of ether oxygens (including phenoxy) is 1. The molecule has 4 nitrogen and oxygen atoms in total. The molecule has 2 atom stereocenters. The van der Waals surface area contributed by atoms with E-state index in [0.29, 0.717) is 25.1 Å². The Morgan fingerprint density at radius 2 is 1.97 bits per heavy atom. The summed E-state index contributed by atoms with van der Waals surface area (Å²) >= 11 is 0. The van der Waals surface area contributed by atoms with Gasteiger partial charge < -0.3 is 14.5 Å². The lowest BCUT2D eigenvalue weighted by atomic mass is 9.88. The fourth-order valence-electron chi connectivity index (χ4n) is 5.20. The Morgan fingerprint density at radius 1 is 1.16 bits per heavy atom. The number of piperidine rings is 1. The van der Waals surface area contributed by atoms with Crippen LogP contribution >= 0.6 is 0 Å². The highest BCUT2D eigenvalue weighted by molar-refractivity contribution is 5.83. The maximum atomic E-state index is 13.0. The largest absolute Gasteiger partial charge is 0.494 e. The third-order valence-electron chi connectivity index (χ3n) is 6.62. The summed E-state index contributed by atoms with van der Waals surface area (Å²) in [4.78, 5) is 17.0. The zero-order valence-corrected chi connectivity index (χ0v) is 18.6. The summed E-state index contributed by atoms with van der Waals surface area (Å²) in [7, 11) is 0. The number of para-hydroxylation sites is 1. The maximum Gasteiger partial charge on any atom is 0.149 e. The standard InChI is InChI=1S/C26H33FN2O2/c1-3-20-7-6-8-23-24-18-28(15-13-25(24)29(26(20)23)17-19(2)30)14-4-5-16-31-22-11-9-21(27)10-12-22/h6-12,24-25H,3-5,13-18H2,1-2H3. The number of fused-ring (bicyclic) bond motifs is 3. The van der Waals surface area contributed by atoms with Gasteiger partial charge in [0, 0.05) is 30.7 Å². The predicted octanol–water partition coefficient (Wildman–Crippen LogP) is 4.81. The molecule has 0 aliphatic carbocycles. The molecule has 1 saturated heterocycles. The molecule has 2 aromatic carbocycles. The smallest absolute Gasteiger partial charge is 0.149 e. The van der Waals surface area contributed by atoms with E-state index in [-0.39, 0.29) is 11.6 Å². The summed E-state index contributed by atoms with van der Waals surface area (Å²) in [5, 5.41) is 0. The van der Waals surface area contributed by atoms with E-state index in [1.165, 1.54) is 28.9 Å². The number of likely N-dealkylation sites (tertiary alicyclic amines) is 1. The first-order valence-corrected chi connectivity index (χ1v) is 11.6. The zero-order chi connectivity index (χ0) is 21.8. The number of Topliss-reactive ketones (excluding diaryl/α,β-unsaturated/α-hetero) is 1. The van der Waals surface area contributed by atoms with Gasteiger partial charge in [0.15, 0.2) is 0 Å². The number of nitrogens with zero attached hydrogens (tertiary/aromatic N) is 2. The Hall–Kier alpha value is -2.40. The molecule has 0 N–H and O–H groups in total. The van der Waals surface area contributed by atoms with Gasteiger partial charge in [0.1, 0.15) is 17.3 Å². The van der Waals surface area contributed by atoms with E-state index in [4.69, 9.17) is 4.74 Å². The van der Waals surface area contributed by atoms with Crippen LogP contribution in [-0.2, 0) is 11.2 Å². The van der Waals surface area contributed by atoms with E-state index in [9.17, 15) is 9.18 Å². The Bertz CT molecular complexity index is 899. The van der Waals surface area contributed by atoms with Crippen molar-refractivity contribution in [3.8, 4) is 5.75 Å². The van der Waals surface area contributed by atoms with Crippen LogP contribution in [0.25, 0.3) is 0 Å². The van der Waals surface area contributed by atoms with Crippen LogP contribution in [0.1, 0.15) is 50.2 Å². The second kappa shape index (κ2) is 9.82. The Balaban J connectivity index is 1.33. The van der Waals surface area contributed by atoms with Crippen LogP contribution in [0.4, 0.5) is 10.1 Å². The molecule has 0 saturated carbocycles. The molecule has 1 fully saturated rings. The van der Waals surface area contributed by atoms with Crippen molar-refractivity contribution >= 4 is 11.5 Å². The number of hydrogen-bond donors (Lipinski definition) is 0. The SMILES string of the molecule is CCc1cccc2c1N(CC(C)=O)C1CCN(CCCCOc3ccc(F)cc3)CC21. The molecular formula is C26H33FN2O2. The summed E-state index contributed by atoms with van der Waals surface area (Å²) in [6.07, 6.45) is 4.16. The van der Waals surface area contributed by atoms with Crippen LogP contribution in [0, 0.1) is 5.82 Å². The molecule has 0 radical (unpaired) electrons. The molecule has 2 heterocycles. The quantitative estimate of drug-likeness (QED) is 0.541. The number of ketones is 1. The lowest BCUT2D eigenvalue weighted by Crippen LogP contribution is -2.47. The molecule has 2 aliphatic rings. The molecule has 0 amide bonds. The molecule has 2 unspecified atom stereocenters. The maximum absolute atomic E-state index is 13.0. The first-order valence-electron chi connectivity index (χ1n) is 11.6. The molecule has 2 aliphatic heterocycles. The molecule has 0 bridgehead atoms. The number of hydrogen-bond acceptors (Lipinski definition) is 4. The van der Waals surface area contributed by atoms with Crippen LogP contribution in [0.15, 0.2) is 42.5 Å². The van der Waals surface area contributed by atoms with E-state index in [0.717, 1.165) is 51.1 Å². The van der Waals surface area contributed by atoms with Gasteiger partial charge >= 0.3 is 0 Å². The van der Waals surface area contributed by atoms with E-state index < -0.39 is 0 Å². The number of carbonyl (C=O) groups is 1. The van der Waals surface area contributed by atoms with Gasteiger partial charge in [0.25, 0.3) is 0 Å². The summed E-state index contributed by atoms with van der Waals surface area (Å²) < 4.78 is 18.7. The normalized spacial score (nSPS) is 20.4. The number of rotatable bonds is 9. The van der Waals surface area contributed by atoms with Crippen LogP contribution in [0.3, 0.4) is 0 Å². The van der Waals surface area contributed by atoms with Crippen molar-refractivity contribution in [2.24, 2.45) is 0 Å². The molecule has 0 spiro atoms. The minimum atomic E-state index is -0.239. The van der Waals surface area contributed by atoms with Gasteiger partial charge in [-0.1, -0.05) is 25.1 Å². The van der Waals surface area contributed by atoms with Gasteiger partial charge in [-0.25, -0.2) is 4.39 Å². The van der Waals surface area contributed by atoms with Gasteiger partial charge in [-0.05, 0) is 74.5 Å². The van der Waals surface area contributed by atoms with E-state index >= 15 is 0 Å². The highest BCUT2D eigenvalue weighted by atomic mass is 19.1. The third-order valence-corrected chi connectivity index (χ3v) is 6.62. The van der Waals surface area contributed by atoms with Crippen LogP contribution in [0.2, 0.25) is 0 Å². The van der Waals surface area contributed by atoms with E-state index in [2.05, 4.69) is 34.9 Å². The van der Waals surface area contributed by atoms with Crippen LogP contribution in [-0.4, -0.2) is 49.5 Å². The van der Waals surface area contributed by atoms with Gasteiger partial charge in [-0.2, -0.15) is 0 Å². The van der Waals surface area contributed by atoms with Crippen molar-refractivity contribution in [1.29, 1.82) is 0 Å². The Labute approximate surface area is 185 Å². The third kappa shape index (κ3) is 4.93. The average Bonchev–Trinajstić information content (AvgIpc) is 3.07. The summed E-state index contributed by atoms with van der Waals surface area (Å²) in [6, 6.07) is 13.3. The van der Waals surface area contributed by atoms with Crippen LogP contribution in [0.5, 0.6) is 5.75 Å². The number of unbranched alkanes of at least 4 members (excludes halogenated alkanes) is 1. The van der Waals surface area contributed by atoms with Gasteiger partial charge in [-0.3, -0.25) is 4.79 Å². The topological polar surface area (TPSA) is 32.8 Å². The highest BCUT2D eigenvalue weighted by Crippen LogP contribution is 2.46. The van der Waals surface area contributed by atoms with E-state index in [1.54, 1.807) is 19.1 Å². The van der Waals surface area contributed by atoms with E-state index in [1.807, 2.05) is 0 Å². The molecule has 2 aromatic rings. The summed E-state index contributed by atoms with van der Waals surface area (Å²) in [5.41, 5.74) is 4.11. The van der Waals surface area contributed by atoms with Crippen molar-refractivity contribution in [1.82, 2.24) is 4.90 Å². The van der Waals surface area contributed by atoms with Gasteiger partial charge in [0.05, 0.1) is 13.2 Å². The Kier molecular flexibility index (Phi) is 6.91. The molecule has 5 heteroatoms. The minimum absolute atomic E-state index is 0.237. The van der Waals surface area contributed by atoms with Crippen molar-refractivity contribution < 1.29 is 13.9 Å². The second-order valence-electron chi connectivity index (χ2n) is 8.81. The van der Waals surface area contributed by atoms with Crippen molar-refractivity contribution in [3.63, 3.8) is 0 Å². The highest BCUT2D eigenvalue weighted by Gasteiger charge is 2.42. The molecule has 166 valence electrons. The summed E-state index contributed by atoms with van der Waals surface area (Å²) in [5.74, 6) is 1.20. The molecule has 4 rings (SSSR count). The number of benzene rings is 2. The first-order chi connectivity index (χ1) is 15.1. The molecule has 31 heavy (non-hydrogen) atoms. The lowest BCUT2D eigenvalue weighted by molar-refractivity contribution is -0.115. The molecule has 0 aromatic heterocycles. The lowest BCUT2D eigenvalue weighted by Gasteiger charge is -2.39. The number of halogens is 1. The predicted molar refractivity (Wildman–Crippen MR) is 123 cm³/mol. The van der Waals surface area contributed by atoms with Crippen molar-refractivity contribution in [2.45, 2.75) is 51.5 Å². The number of carbonyl (C=O) groups excluding carboxylic acids is 1. The second-order valence-corrected chi connectivity index (χ2v) is 8.81. The van der Waals surface area contributed by atoms with Crippen LogP contribution < -0.4 is 9.64 Å². The Morgan fingerprint density at radius 3 is 2.71 bits per heavy atom. The average molecular weight is 425 g/mol. The molecular weight excluding hydrogens is 391 g/mol. The van der Waals surface area contributed by atoms with Crippen molar-refractivity contribution in [2.75, 3.05) is 37.7 Å². The fraction of sp³-hybridized carbons (Fsp3) is 0.500. The first kappa shape index (κ1) is 21.8. The van der Waals surface area contributed by atoms with Gasteiger partial charge in [-0.15, -0.1) is 0 Å². The fourth-order valence-corrected chi connectivity index (χ4v) is 5.20. The minimum Gasteiger partial charge on any atom is -0.494 e. The summed E-state index contributed by atoms with van der Waals surface area (Å²) in [6.45, 7) is 8.26.